The van der Waals surface area contributed by atoms with E-state index in [0.717, 1.165) is 4.90 Å². The number of carbonyl (C=O) groups is 2. The van der Waals surface area contributed by atoms with Crippen molar-refractivity contribution in [2.24, 2.45) is 4.99 Å². The third kappa shape index (κ3) is 2.93. The number of carboxylic acids is 1. The van der Waals surface area contributed by atoms with E-state index in [0.29, 0.717) is 5.56 Å². The van der Waals surface area contributed by atoms with Crippen LogP contribution < -0.4 is 4.72 Å². The fraction of sp³-hybridized carbons (Fsp3) is 0.308. The number of amidine groups is 1. The molecule has 1 unspecified atom stereocenters. The number of carbonyl (C=O) groups excluding carboxylic acids is 1. The Labute approximate surface area is 127 Å². The summed E-state index contributed by atoms with van der Waals surface area (Å²) in [5.41, 5.74) is 0.393. The Morgan fingerprint density at radius 2 is 2.00 bits per heavy atom. The van der Waals surface area contributed by atoms with Gasteiger partial charge in [0, 0.05) is 12.6 Å². The van der Waals surface area contributed by atoms with Crippen LogP contribution in [0.15, 0.2) is 34.2 Å². The summed E-state index contributed by atoms with van der Waals surface area (Å²) >= 11 is 0. The first kappa shape index (κ1) is 16.0. The summed E-state index contributed by atoms with van der Waals surface area (Å²) in [6, 6.07) is 5.30. The van der Waals surface area contributed by atoms with Gasteiger partial charge in [0.05, 0.1) is 4.90 Å². The van der Waals surface area contributed by atoms with Gasteiger partial charge in [-0.3, -0.25) is 14.5 Å². The van der Waals surface area contributed by atoms with E-state index in [1.165, 1.54) is 20.0 Å². The van der Waals surface area contributed by atoms with Crippen LogP contribution in [0.1, 0.15) is 12.5 Å². The first-order valence-electron chi connectivity index (χ1n) is 6.39. The summed E-state index contributed by atoms with van der Waals surface area (Å²) in [6.45, 7) is 1.03. The van der Waals surface area contributed by atoms with Crippen LogP contribution in [-0.2, 0) is 19.6 Å². The van der Waals surface area contributed by atoms with E-state index in [4.69, 9.17) is 5.11 Å². The number of benzene rings is 1. The molecule has 1 heterocycles. The van der Waals surface area contributed by atoms with Gasteiger partial charge >= 0.3 is 5.97 Å². The number of rotatable bonds is 4. The van der Waals surface area contributed by atoms with Crippen LogP contribution in [-0.4, -0.2) is 55.8 Å². The van der Waals surface area contributed by atoms with Crippen LogP contribution in [0.2, 0.25) is 0 Å². The molecule has 22 heavy (non-hydrogen) atoms. The molecular formula is C13H15N3O5S. The summed E-state index contributed by atoms with van der Waals surface area (Å²) in [4.78, 5) is 27.8. The van der Waals surface area contributed by atoms with Crippen LogP contribution in [0.5, 0.6) is 0 Å². The predicted octanol–water partition coefficient (Wildman–Crippen LogP) is -0.343. The highest BCUT2D eigenvalue weighted by atomic mass is 32.2. The molecule has 1 aliphatic rings. The Balaban J connectivity index is 2.19. The van der Waals surface area contributed by atoms with E-state index in [2.05, 4.69) is 9.71 Å². The predicted molar refractivity (Wildman–Crippen MR) is 78.0 cm³/mol. The standard InChI is InChI=1S/C13H15N3O5S/c1-8(13(18)19)16(2)11(17)7-14-12-9-5-3-4-6-10(9)22(20,21)15-12/h3-6,8H,7H2,1-2H3,(H,14,15)(H,18,19). The van der Waals surface area contributed by atoms with E-state index in [1.54, 1.807) is 18.2 Å². The summed E-state index contributed by atoms with van der Waals surface area (Å²) in [5, 5.41) is 8.86. The van der Waals surface area contributed by atoms with E-state index in [9.17, 15) is 18.0 Å². The lowest BCUT2D eigenvalue weighted by molar-refractivity contribution is -0.147. The minimum atomic E-state index is -3.65. The average Bonchev–Trinajstić information content (AvgIpc) is 2.74. The van der Waals surface area contributed by atoms with E-state index in [-0.39, 0.29) is 17.3 Å². The molecule has 0 saturated heterocycles. The highest BCUT2D eigenvalue weighted by Crippen LogP contribution is 2.22. The molecule has 0 radical (unpaired) electrons. The van der Waals surface area contributed by atoms with E-state index in [1.807, 2.05) is 0 Å². The summed E-state index contributed by atoms with van der Waals surface area (Å²) in [6.07, 6.45) is 0. The molecule has 2 N–H and O–H groups in total. The first-order valence-corrected chi connectivity index (χ1v) is 7.87. The lowest BCUT2D eigenvalue weighted by Gasteiger charge is -2.20. The summed E-state index contributed by atoms with van der Waals surface area (Å²) < 4.78 is 26.0. The monoisotopic (exact) mass is 325 g/mol. The second-order valence-electron chi connectivity index (χ2n) is 4.79. The van der Waals surface area contributed by atoms with Gasteiger partial charge in [-0.15, -0.1) is 0 Å². The molecule has 0 aromatic heterocycles. The molecule has 1 aromatic rings. The summed E-state index contributed by atoms with van der Waals surface area (Å²) in [5.74, 6) is -1.57. The maximum atomic E-state index is 11.9. The number of carboxylic acid groups (broad SMARTS) is 1. The molecule has 8 nitrogen and oxygen atoms in total. The van der Waals surface area contributed by atoms with Gasteiger partial charge in [-0.25, -0.2) is 13.2 Å². The molecule has 0 aliphatic carbocycles. The number of hydrogen-bond donors (Lipinski definition) is 2. The van der Waals surface area contributed by atoms with Crippen molar-refractivity contribution in [3.8, 4) is 0 Å². The zero-order valence-corrected chi connectivity index (χ0v) is 12.8. The molecule has 2 rings (SSSR count). The first-order chi connectivity index (χ1) is 10.2. The normalized spacial score (nSPS) is 18.4. The van der Waals surface area contributed by atoms with Gasteiger partial charge in [0.1, 0.15) is 18.4 Å². The molecule has 0 spiro atoms. The van der Waals surface area contributed by atoms with Gasteiger partial charge in [-0.05, 0) is 19.1 Å². The van der Waals surface area contributed by atoms with Gasteiger partial charge in [-0.2, -0.15) is 0 Å². The molecule has 1 aliphatic heterocycles. The minimum Gasteiger partial charge on any atom is -0.480 e. The second kappa shape index (κ2) is 5.76. The van der Waals surface area contributed by atoms with Crippen molar-refractivity contribution < 1.29 is 23.1 Å². The Hall–Kier alpha value is -2.42. The molecule has 0 fully saturated rings. The Bertz CT molecular complexity index is 757. The highest BCUT2D eigenvalue weighted by molar-refractivity contribution is 7.90. The summed E-state index contributed by atoms with van der Waals surface area (Å²) in [7, 11) is -2.30. The number of aliphatic carboxylic acids is 1. The quantitative estimate of drug-likeness (QED) is 0.785. The van der Waals surface area contributed by atoms with E-state index >= 15 is 0 Å². The van der Waals surface area contributed by atoms with Gasteiger partial charge in [-0.1, -0.05) is 12.1 Å². The maximum absolute atomic E-state index is 11.9. The fourth-order valence-electron chi connectivity index (χ4n) is 1.89. The van der Waals surface area contributed by atoms with Crippen LogP contribution >= 0.6 is 0 Å². The molecule has 118 valence electrons. The third-order valence-corrected chi connectivity index (χ3v) is 4.76. The lowest BCUT2D eigenvalue weighted by Crippen LogP contribution is -2.41. The SMILES string of the molecule is CC(C(=O)O)N(C)C(=O)CN=C1NS(=O)(=O)c2ccccc21. The largest absolute Gasteiger partial charge is 0.480 e. The Morgan fingerprint density at radius 1 is 1.36 bits per heavy atom. The lowest BCUT2D eigenvalue weighted by atomic mass is 10.2. The fourth-order valence-corrected chi connectivity index (χ4v) is 3.14. The van der Waals surface area contributed by atoms with Gasteiger partial charge in [0.25, 0.3) is 10.0 Å². The number of aliphatic imine (C=N–C) groups is 1. The van der Waals surface area contributed by atoms with Gasteiger partial charge in [0.15, 0.2) is 0 Å². The third-order valence-electron chi connectivity index (χ3n) is 3.37. The number of fused-ring (bicyclic) bond motifs is 1. The Kier molecular flexibility index (Phi) is 4.18. The minimum absolute atomic E-state index is 0.0836. The van der Waals surface area contributed by atoms with Crippen molar-refractivity contribution in [1.29, 1.82) is 0 Å². The second-order valence-corrected chi connectivity index (χ2v) is 6.44. The van der Waals surface area contributed by atoms with Crippen LogP contribution in [0.3, 0.4) is 0 Å². The molecule has 1 amide bonds. The molecule has 0 bridgehead atoms. The van der Waals surface area contributed by atoms with Crippen molar-refractivity contribution in [1.82, 2.24) is 9.62 Å². The van der Waals surface area contributed by atoms with Crippen LogP contribution in [0, 0.1) is 0 Å². The van der Waals surface area contributed by atoms with Gasteiger partial charge < -0.3 is 10.0 Å². The molecular weight excluding hydrogens is 310 g/mol. The molecule has 0 saturated carbocycles. The maximum Gasteiger partial charge on any atom is 0.326 e. The Morgan fingerprint density at radius 3 is 2.64 bits per heavy atom. The number of nitrogens with one attached hydrogen (secondary N) is 1. The zero-order valence-electron chi connectivity index (χ0n) is 12.0. The van der Waals surface area contributed by atoms with Crippen molar-refractivity contribution >= 4 is 27.7 Å². The van der Waals surface area contributed by atoms with Crippen molar-refractivity contribution in [2.75, 3.05) is 13.6 Å². The smallest absolute Gasteiger partial charge is 0.326 e. The van der Waals surface area contributed by atoms with Crippen molar-refractivity contribution in [2.45, 2.75) is 17.9 Å². The average molecular weight is 325 g/mol. The molecule has 1 atom stereocenters. The number of sulfonamides is 1. The van der Waals surface area contributed by atoms with E-state index < -0.39 is 27.9 Å². The van der Waals surface area contributed by atoms with Gasteiger partial charge in [0.2, 0.25) is 5.91 Å². The topological polar surface area (TPSA) is 116 Å². The number of nitrogens with zero attached hydrogens (tertiary/aromatic N) is 2. The number of amides is 1. The zero-order chi connectivity index (χ0) is 16.5. The number of likely N-dealkylation sites (N-methyl/N-ethyl adjacent to an activating group) is 1. The van der Waals surface area contributed by atoms with Crippen LogP contribution in [0.25, 0.3) is 0 Å². The van der Waals surface area contributed by atoms with Crippen molar-refractivity contribution in [3.05, 3.63) is 29.8 Å². The highest BCUT2D eigenvalue weighted by Gasteiger charge is 2.30. The van der Waals surface area contributed by atoms with Crippen molar-refractivity contribution in [3.63, 3.8) is 0 Å². The molecule has 1 aromatic carbocycles. The van der Waals surface area contributed by atoms with Crippen LogP contribution in [0.4, 0.5) is 0 Å². The molecule has 9 heteroatoms. The number of hydrogen-bond acceptors (Lipinski definition) is 5.